The number of alkyl halides is 8. The van der Waals surface area contributed by atoms with Crippen LogP contribution in [0.3, 0.4) is 0 Å². The van der Waals surface area contributed by atoms with Gasteiger partial charge in [0, 0.05) is 17.9 Å². The van der Waals surface area contributed by atoms with E-state index in [1.165, 1.54) is 30.5 Å². The number of imide groups is 2. The van der Waals surface area contributed by atoms with E-state index in [0.717, 1.165) is 24.3 Å². The predicted octanol–water partition coefficient (Wildman–Crippen LogP) is 7.69. The van der Waals surface area contributed by atoms with Gasteiger partial charge in [0.05, 0.1) is 40.6 Å². The topological polar surface area (TPSA) is 104 Å². The Morgan fingerprint density at radius 2 is 1.43 bits per heavy atom. The molecule has 3 aromatic rings. The number of allylic oxidation sites excluding steroid dienone is 3. The van der Waals surface area contributed by atoms with Gasteiger partial charge in [0.2, 0.25) is 11.8 Å². The summed E-state index contributed by atoms with van der Waals surface area (Å²) in [5.74, 6) is -9.98. The van der Waals surface area contributed by atoms with E-state index in [0.29, 0.717) is 21.1 Å². The normalized spacial score (nSPS) is 29.3. The molecule has 8 nitrogen and oxygen atoms in total. The lowest BCUT2D eigenvalue weighted by Gasteiger charge is -2.51. The number of hydrogen-bond donors (Lipinski definition) is 1. The highest BCUT2D eigenvalue weighted by Gasteiger charge is 2.77. The van der Waals surface area contributed by atoms with Crippen molar-refractivity contribution in [2.24, 2.45) is 23.7 Å². The van der Waals surface area contributed by atoms with Gasteiger partial charge in [-0.15, -0.1) is 23.2 Å². The number of amides is 4. The van der Waals surface area contributed by atoms with E-state index in [2.05, 4.69) is 0 Å². The SMILES string of the molecule is O=C1C2CC=C3C(CC4(Cl)C(=O)N(c5ccc(F)cc5)C(=O)C4(Cl)C3C3=COc4ccc(O)cc4C3)C2C(=O)N1c1cc(C(F)(F)F)cc(C(F)(F)F)c1. The third-order valence-corrected chi connectivity index (χ3v) is 12.3. The zero-order chi connectivity index (χ0) is 38.9. The zero-order valence-corrected chi connectivity index (χ0v) is 28.7. The van der Waals surface area contributed by atoms with Crippen LogP contribution in [-0.2, 0) is 38.0 Å². The molecule has 1 N–H and O–H groups in total. The largest absolute Gasteiger partial charge is 0.508 e. The van der Waals surface area contributed by atoms with Crippen molar-refractivity contribution < 1.29 is 59.8 Å². The van der Waals surface area contributed by atoms with Crippen LogP contribution in [0.2, 0.25) is 0 Å². The van der Waals surface area contributed by atoms with Crippen LogP contribution >= 0.6 is 23.2 Å². The lowest BCUT2D eigenvalue weighted by atomic mass is 9.56. The number of carbonyl (C=O) groups is 4. The minimum atomic E-state index is -5.27. The minimum Gasteiger partial charge on any atom is -0.508 e. The smallest absolute Gasteiger partial charge is 0.416 e. The first-order valence-corrected chi connectivity index (χ1v) is 17.1. The van der Waals surface area contributed by atoms with Gasteiger partial charge in [0.25, 0.3) is 11.8 Å². The molecule has 1 saturated carbocycles. The van der Waals surface area contributed by atoms with Gasteiger partial charge in [-0.3, -0.25) is 19.2 Å². The Morgan fingerprint density at radius 1 is 0.778 bits per heavy atom. The van der Waals surface area contributed by atoms with E-state index in [9.17, 15) is 55.0 Å². The number of nitrogens with zero attached hydrogens (tertiary/aromatic N) is 2. The second-order valence-electron chi connectivity index (χ2n) is 13.8. The first kappa shape index (κ1) is 36.1. The maximum Gasteiger partial charge on any atom is 0.416 e. The Hall–Kier alpha value is -4.89. The molecule has 0 spiro atoms. The number of fused-ring (bicyclic) bond motifs is 5. The summed E-state index contributed by atoms with van der Waals surface area (Å²) in [6.07, 6.45) is -8.55. The van der Waals surface area contributed by atoms with E-state index in [4.69, 9.17) is 27.9 Å². The van der Waals surface area contributed by atoms with Gasteiger partial charge >= 0.3 is 12.4 Å². The first-order valence-electron chi connectivity index (χ1n) is 16.3. The number of rotatable bonds is 3. The van der Waals surface area contributed by atoms with E-state index in [1.807, 2.05) is 0 Å². The third kappa shape index (κ3) is 5.10. The number of carbonyl (C=O) groups excluding carboxylic acids is 4. The van der Waals surface area contributed by atoms with E-state index < -0.39 is 98.5 Å². The van der Waals surface area contributed by atoms with Crippen LogP contribution in [0.4, 0.5) is 42.1 Å². The lowest BCUT2D eigenvalue weighted by molar-refractivity contribution is -0.143. The molecular weight excluding hydrogens is 772 g/mol. The molecular formula is C37H23Cl2F7N2O6. The van der Waals surface area contributed by atoms with Crippen molar-refractivity contribution in [2.45, 2.75) is 41.4 Å². The predicted molar refractivity (Wildman–Crippen MR) is 177 cm³/mol. The van der Waals surface area contributed by atoms with Crippen LogP contribution in [0.5, 0.6) is 11.5 Å². The standard InChI is InChI=1S/C37H23Cl2F7N2O6/c38-34-14-26-24(6-7-25-28(26)31(51)47(30(25)50)22-12-18(36(41,42)43)11-19(13-22)37(44,45)46)29(17-9-16-10-23(49)5-8-27(16)54-15-17)35(34,39)33(53)48(32(34)52)21-3-1-20(40)2-4-21/h1-6,8,10-13,15,25-26,28-29,49H,7,9,14H2. The molecule has 2 saturated heterocycles. The van der Waals surface area contributed by atoms with Crippen LogP contribution in [0.25, 0.3) is 0 Å². The summed E-state index contributed by atoms with van der Waals surface area (Å²) in [4.78, 5) is 53.5. The van der Waals surface area contributed by atoms with Crippen LogP contribution in [-0.4, -0.2) is 38.5 Å². The third-order valence-electron chi connectivity index (χ3n) is 10.9. The van der Waals surface area contributed by atoms with Crippen LogP contribution in [0.1, 0.15) is 29.5 Å². The van der Waals surface area contributed by atoms with Gasteiger partial charge in [0.15, 0.2) is 9.75 Å². The molecule has 5 aliphatic rings. The lowest BCUT2D eigenvalue weighted by Crippen LogP contribution is -2.61. The monoisotopic (exact) mass is 794 g/mol. The average molecular weight is 795 g/mol. The molecule has 4 amide bonds. The van der Waals surface area contributed by atoms with Crippen molar-refractivity contribution in [3.63, 3.8) is 0 Å². The number of ether oxygens (including phenoxy) is 1. The number of aromatic hydroxyl groups is 1. The minimum absolute atomic E-state index is 0.0184. The fourth-order valence-electron chi connectivity index (χ4n) is 8.53. The number of halogens is 9. The van der Waals surface area contributed by atoms with Gasteiger partial charge in [-0.05, 0) is 85.0 Å². The molecule has 6 atom stereocenters. The number of phenols is 1. The van der Waals surface area contributed by atoms with Gasteiger partial charge < -0.3 is 9.84 Å². The number of anilines is 2. The van der Waals surface area contributed by atoms with Crippen LogP contribution < -0.4 is 14.5 Å². The summed E-state index contributed by atoms with van der Waals surface area (Å²) < 4.78 is 103. The Morgan fingerprint density at radius 3 is 2.06 bits per heavy atom. The summed E-state index contributed by atoms with van der Waals surface area (Å²) in [6, 6.07) is 9.02. The highest BCUT2D eigenvalue weighted by atomic mass is 35.5. The first-order chi connectivity index (χ1) is 25.3. The molecule has 3 aromatic carbocycles. The van der Waals surface area contributed by atoms with Gasteiger partial charge in [-0.2, -0.15) is 26.3 Å². The quantitative estimate of drug-likeness (QED) is 0.126. The molecule has 8 rings (SSSR count). The van der Waals surface area contributed by atoms with E-state index in [1.54, 1.807) is 0 Å². The van der Waals surface area contributed by atoms with Crippen molar-refractivity contribution in [2.75, 3.05) is 9.80 Å². The Bertz CT molecular complexity index is 2230. The Kier molecular flexibility index (Phi) is 7.89. The molecule has 3 fully saturated rings. The maximum atomic E-state index is 14.5. The molecule has 17 heteroatoms. The molecule has 3 aliphatic heterocycles. The molecule has 3 heterocycles. The molecule has 6 unspecified atom stereocenters. The van der Waals surface area contributed by atoms with Crippen molar-refractivity contribution in [1.29, 1.82) is 0 Å². The van der Waals surface area contributed by atoms with E-state index >= 15 is 0 Å². The molecule has 2 aliphatic carbocycles. The summed E-state index contributed by atoms with van der Waals surface area (Å²) in [7, 11) is 0. The number of phenolic OH excluding ortho intramolecular Hbond substituents is 1. The summed E-state index contributed by atoms with van der Waals surface area (Å²) >= 11 is 14.6. The van der Waals surface area contributed by atoms with Crippen molar-refractivity contribution in [3.8, 4) is 11.5 Å². The number of hydrogen-bond acceptors (Lipinski definition) is 6. The fourth-order valence-corrected chi connectivity index (χ4v) is 9.48. The highest BCUT2D eigenvalue weighted by molar-refractivity contribution is 6.58. The van der Waals surface area contributed by atoms with Crippen LogP contribution in [0, 0.1) is 29.5 Å². The summed E-state index contributed by atoms with van der Waals surface area (Å²) in [6.45, 7) is 0. The van der Waals surface area contributed by atoms with Crippen LogP contribution in [0.15, 0.2) is 84.1 Å². The maximum absolute atomic E-state index is 14.5. The zero-order valence-electron chi connectivity index (χ0n) is 27.1. The molecule has 280 valence electrons. The number of benzene rings is 3. The molecule has 0 aromatic heterocycles. The second kappa shape index (κ2) is 11.8. The summed E-state index contributed by atoms with van der Waals surface area (Å²) in [5.41, 5.74) is -3.52. The van der Waals surface area contributed by atoms with Gasteiger partial charge in [-0.25, -0.2) is 14.2 Å². The van der Waals surface area contributed by atoms with E-state index in [-0.39, 0.29) is 53.6 Å². The fraction of sp³-hybridized carbons (Fsp3) is 0.297. The Labute approximate surface area is 310 Å². The average Bonchev–Trinajstić information content (AvgIpc) is 3.45. The molecule has 0 bridgehead atoms. The summed E-state index contributed by atoms with van der Waals surface area (Å²) in [5, 5.41) is 10.2. The molecule has 0 radical (unpaired) electrons. The molecule has 54 heavy (non-hydrogen) atoms. The van der Waals surface area contributed by atoms with Gasteiger partial charge in [-0.1, -0.05) is 11.6 Å². The highest BCUT2D eigenvalue weighted by Crippen LogP contribution is 2.65. The van der Waals surface area contributed by atoms with Crippen molar-refractivity contribution in [1.82, 2.24) is 0 Å². The van der Waals surface area contributed by atoms with Crippen molar-refractivity contribution in [3.05, 3.63) is 107 Å². The second-order valence-corrected chi connectivity index (χ2v) is 15.0. The Balaban J connectivity index is 1.27. The van der Waals surface area contributed by atoms with Gasteiger partial charge in [0.1, 0.15) is 17.3 Å². The van der Waals surface area contributed by atoms with Crippen molar-refractivity contribution >= 4 is 58.2 Å².